The number of hydrogen-bond donors (Lipinski definition) is 3. The summed E-state index contributed by atoms with van der Waals surface area (Å²) in [5.74, 6) is -4.26. The van der Waals surface area contributed by atoms with Crippen molar-refractivity contribution in [2.24, 2.45) is 17.8 Å². The Hall–Kier alpha value is -3.87. The third-order valence-electron chi connectivity index (χ3n) is 7.98. The van der Waals surface area contributed by atoms with Crippen LogP contribution in [-0.2, 0) is 14.2 Å². The first-order valence-electron chi connectivity index (χ1n) is 13.0. The first-order chi connectivity index (χ1) is 19.1. The van der Waals surface area contributed by atoms with Gasteiger partial charge in [0.15, 0.2) is 11.6 Å². The van der Waals surface area contributed by atoms with Crippen LogP contribution in [0.4, 0.5) is 15.8 Å². The van der Waals surface area contributed by atoms with E-state index in [1.54, 1.807) is 12.1 Å². The monoisotopic (exact) mass is 550 g/mol. The number of non-ortho nitro benzene ring substituents is 1. The highest BCUT2D eigenvalue weighted by atomic mass is 19.1. The molecule has 3 N–H and O–H groups in total. The molecule has 2 aromatic carbocycles. The maximum Gasteiger partial charge on any atom is 0.455 e. The van der Waals surface area contributed by atoms with Gasteiger partial charge in [0.05, 0.1) is 35.2 Å². The van der Waals surface area contributed by atoms with Crippen LogP contribution in [0.2, 0.25) is 6.32 Å². The zero-order valence-corrected chi connectivity index (χ0v) is 21.7. The Morgan fingerprint density at radius 1 is 1.23 bits per heavy atom. The van der Waals surface area contributed by atoms with Gasteiger partial charge in [0, 0.05) is 12.1 Å². The minimum absolute atomic E-state index is 0.0693. The summed E-state index contributed by atoms with van der Waals surface area (Å²) in [6, 6.07) is 9.42. The highest BCUT2D eigenvalue weighted by Crippen LogP contribution is 2.51. The van der Waals surface area contributed by atoms with Gasteiger partial charge in [-0.3, -0.25) is 19.7 Å². The highest BCUT2D eigenvalue weighted by Gasteiger charge is 2.57. The molecule has 1 aliphatic carbocycles. The SMILES string of the molecule is C/C(=C\c1ccc(O)c(F)c1)CC[C@H]1OB(O)C[C@H]2C1=C(CO)C[C@H]1C(=O)N(c3cccc([N+](=O)[O-])c3)C(=O)[C@H]12. The second-order valence-electron chi connectivity index (χ2n) is 10.5. The molecule has 0 aromatic heterocycles. The van der Waals surface area contributed by atoms with Crippen molar-refractivity contribution in [2.45, 2.75) is 38.6 Å². The number of halogens is 1. The first-order valence-corrected chi connectivity index (χ1v) is 13.0. The lowest BCUT2D eigenvalue weighted by Gasteiger charge is -2.42. The van der Waals surface area contributed by atoms with Crippen molar-refractivity contribution in [3.8, 4) is 5.75 Å². The smallest absolute Gasteiger partial charge is 0.455 e. The average molecular weight is 550 g/mol. The molecule has 2 fully saturated rings. The van der Waals surface area contributed by atoms with E-state index in [9.17, 15) is 39.3 Å². The fourth-order valence-corrected chi connectivity index (χ4v) is 6.24. The zero-order chi connectivity index (χ0) is 28.7. The summed E-state index contributed by atoms with van der Waals surface area (Å²) in [6.07, 6.45) is 2.26. The van der Waals surface area contributed by atoms with E-state index in [-0.39, 0.29) is 30.7 Å². The van der Waals surface area contributed by atoms with Gasteiger partial charge in [-0.05, 0) is 73.3 Å². The molecule has 0 saturated carbocycles. The fraction of sp³-hybridized carbons (Fsp3) is 0.357. The molecule has 10 nitrogen and oxygen atoms in total. The number of aliphatic hydroxyl groups is 1. The molecule has 2 aliphatic heterocycles. The van der Waals surface area contributed by atoms with Gasteiger partial charge in [0.25, 0.3) is 5.69 Å². The number of amides is 2. The van der Waals surface area contributed by atoms with Gasteiger partial charge < -0.3 is 19.9 Å². The van der Waals surface area contributed by atoms with Crippen LogP contribution in [-0.4, -0.2) is 51.8 Å². The lowest BCUT2D eigenvalue weighted by atomic mass is 9.58. The molecule has 0 unspecified atom stereocenters. The van der Waals surface area contributed by atoms with E-state index in [2.05, 4.69) is 0 Å². The summed E-state index contributed by atoms with van der Waals surface area (Å²) in [7, 11) is -1.19. The van der Waals surface area contributed by atoms with Crippen molar-refractivity contribution in [2.75, 3.05) is 11.5 Å². The molecular formula is C28H28BFN2O8. The van der Waals surface area contributed by atoms with E-state index in [0.29, 0.717) is 29.6 Å². The third-order valence-corrected chi connectivity index (χ3v) is 7.98. The quantitative estimate of drug-likeness (QED) is 0.156. The van der Waals surface area contributed by atoms with Crippen molar-refractivity contribution in [3.63, 3.8) is 0 Å². The van der Waals surface area contributed by atoms with Gasteiger partial charge >= 0.3 is 7.12 Å². The zero-order valence-electron chi connectivity index (χ0n) is 21.7. The van der Waals surface area contributed by atoms with Crippen LogP contribution in [0.3, 0.4) is 0 Å². The minimum atomic E-state index is -1.19. The molecule has 5 rings (SSSR count). The van der Waals surface area contributed by atoms with Crippen molar-refractivity contribution in [1.29, 1.82) is 0 Å². The predicted molar refractivity (Wildman–Crippen MR) is 143 cm³/mol. The Morgan fingerprint density at radius 3 is 2.70 bits per heavy atom. The summed E-state index contributed by atoms with van der Waals surface area (Å²) < 4.78 is 19.6. The van der Waals surface area contributed by atoms with Crippen LogP contribution in [0.15, 0.2) is 59.2 Å². The van der Waals surface area contributed by atoms with Crippen LogP contribution >= 0.6 is 0 Å². The minimum Gasteiger partial charge on any atom is -0.505 e. The number of anilines is 1. The molecule has 2 heterocycles. The second-order valence-corrected chi connectivity index (χ2v) is 10.5. The summed E-state index contributed by atoms with van der Waals surface area (Å²) >= 11 is 0. The van der Waals surface area contributed by atoms with Crippen molar-refractivity contribution in [1.82, 2.24) is 0 Å². The number of aromatic hydroxyl groups is 1. The van der Waals surface area contributed by atoms with Crippen LogP contribution in [0.1, 0.15) is 31.7 Å². The van der Waals surface area contributed by atoms with Crippen molar-refractivity contribution < 1.29 is 38.8 Å². The largest absolute Gasteiger partial charge is 0.505 e. The number of nitro benzene ring substituents is 1. The van der Waals surface area contributed by atoms with Gasteiger partial charge in [0.1, 0.15) is 0 Å². The summed E-state index contributed by atoms with van der Waals surface area (Å²) in [4.78, 5) is 38.8. The third kappa shape index (κ3) is 5.05. The lowest BCUT2D eigenvalue weighted by molar-refractivity contribution is -0.384. The number of allylic oxidation sites excluding steroid dienone is 1. The topological polar surface area (TPSA) is 150 Å². The van der Waals surface area contributed by atoms with Gasteiger partial charge in [-0.2, -0.15) is 0 Å². The number of hydrogen-bond acceptors (Lipinski definition) is 8. The Bertz CT molecular complexity index is 1440. The molecule has 12 heteroatoms. The van der Waals surface area contributed by atoms with E-state index in [1.807, 2.05) is 6.92 Å². The van der Waals surface area contributed by atoms with Crippen LogP contribution < -0.4 is 4.90 Å². The fourth-order valence-electron chi connectivity index (χ4n) is 6.24. The van der Waals surface area contributed by atoms with Crippen LogP contribution in [0, 0.1) is 33.7 Å². The molecular weight excluding hydrogens is 522 g/mol. The van der Waals surface area contributed by atoms with Gasteiger partial charge in [-0.15, -0.1) is 0 Å². The molecule has 0 spiro atoms. The number of nitrogens with zero attached hydrogens (tertiary/aromatic N) is 2. The van der Waals surface area contributed by atoms with E-state index in [1.165, 1.54) is 36.4 Å². The first kappa shape index (κ1) is 27.7. The van der Waals surface area contributed by atoms with Gasteiger partial charge in [-0.1, -0.05) is 23.8 Å². The van der Waals surface area contributed by atoms with Gasteiger partial charge in [-0.25, -0.2) is 9.29 Å². The number of fused-ring (bicyclic) bond motifs is 3. The Balaban J connectivity index is 1.41. The van der Waals surface area contributed by atoms with E-state index in [4.69, 9.17) is 4.65 Å². The number of carbonyl (C=O) groups excluding carboxylic acids is 2. The Labute approximate surface area is 229 Å². The van der Waals surface area contributed by atoms with Crippen molar-refractivity contribution in [3.05, 3.63) is 80.7 Å². The highest BCUT2D eigenvalue weighted by molar-refractivity contribution is 6.43. The number of benzene rings is 2. The Morgan fingerprint density at radius 2 is 2.00 bits per heavy atom. The second kappa shape index (κ2) is 11.0. The van der Waals surface area contributed by atoms with Gasteiger partial charge in [0.2, 0.25) is 11.8 Å². The molecule has 40 heavy (non-hydrogen) atoms. The van der Waals surface area contributed by atoms with Crippen molar-refractivity contribution >= 4 is 36.4 Å². The number of carbonyl (C=O) groups is 2. The van der Waals surface area contributed by atoms with E-state index >= 15 is 0 Å². The molecule has 3 aliphatic rings. The molecule has 208 valence electrons. The average Bonchev–Trinajstić information content (AvgIpc) is 3.18. The summed E-state index contributed by atoms with van der Waals surface area (Å²) in [5.41, 5.74) is 2.62. The van der Waals surface area contributed by atoms with Crippen LogP contribution in [0.25, 0.3) is 6.08 Å². The summed E-state index contributed by atoms with van der Waals surface area (Å²) in [5, 5.41) is 41.6. The maximum atomic E-state index is 13.7. The maximum absolute atomic E-state index is 13.7. The molecule has 2 aromatic rings. The van der Waals surface area contributed by atoms with Crippen LogP contribution in [0.5, 0.6) is 5.75 Å². The molecule has 2 saturated heterocycles. The Kier molecular flexibility index (Phi) is 7.58. The number of nitro groups is 1. The number of aliphatic hydroxyl groups excluding tert-OH is 1. The molecule has 4 atom stereocenters. The molecule has 0 radical (unpaired) electrons. The number of imide groups is 1. The van der Waals surface area contributed by atoms with E-state index in [0.717, 1.165) is 10.5 Å². The lowest BCUT2D eigenvalue weighted by Crippen LogP contribution is -2.46. The summed E-state index contributed by atoms with van der Waals surface area (Å²) in [6.45, 7) is 1.51. The van der Waals surface area contributed by atoms with E-state index < -0.39 is 59.3 Å². The molecule has 2 amide bonds. The number of phenols is 1. The molecule has 0 bridgehead atoms. The number of phenolic OH excluding ortho intramolecular Hbond substituents is 1. The standard InChI is InChI=1S/C28H28BFN2O8/c1-15(9-16-6-7-23(34)22(30)10-16)5-8-24-25-17(14-33)11-20-26(21(25)13-29(37)40-24)28(36)31(27(20)35)18-3-2-4-19(12-18)32(38)39/h2-4,6-7,9-10,12,20-21,24,26,33-34,37H,5,8,11,13-14H2,1H3/b15-9+/t20-,21+,24-,26-/m1/s1. The number of rotatable bonds is 7. The normalized spacial score (nSPS) is 24.9. The predicted octanol–water partition coefficient (Wildman–Crippen LogP) is 3.62.